The first kappa shape index (κ1) is 10.5. The molecule has 2 atom stereocenters. The third-order valence-electron chi connectivity index (χ3n) is 3.17. The van der Waals surface area contributed by atoms with E-state index in [4.69, 9.17) is 0 Å². The van der Waals surface area contributed by atoms with Gasteiger partial charge in [0, 0.05) is 12.0 Å². The number of aromatic amines is 1. The van der Waals surface area contributed by atoms with Crippen LogP contribution in [0.3, 0.4) is 0 Å². The Morgan fingerprint density at radius 2 is 2.33 bits per heavy atom. The first-order valence-corrected chi connectivity index (χ1v) is 5.60. The first-order chi connectivity index (χ1) is 7.11. The number of aliphatic hydroxyl groups excluding tert-OH is 1. The smallest absolute Gasteiger partial charge is 0.129 e. The molecule has 84 valence electrons. The van der Waals surface area contributed by atoms with Crippen LogP contribution in [0.15, 0.2) is 6.20 Å². The van der Waals surface area contributed by atoms with E-state index >= 15 is 0 Å². The third kappa shape index (κ3) is 1.74. The molecule has 2 unspecified atom stereocenters. The van der Waals surface area contributed by atoms with E-state index in [-0.39, 0.29) is 6.04 Å². The predicted molar refractivity (Wildman–Crippen MR) is 59.7 cm³/mol. The number of nitrogens with one attached hydrogen (secondary N) is 1. The van der Waals surface area contributed by atoms with Gasteiger partial charge < -0.3 is 10.0 Å². The van der Waals surface area contributed by atoms with Crippen LogP contribution >= 0.6 is 0 Å². The zero-order valence-corrected chi connectivity index (χ0v) is 9.57. The van der Waals surface area contributed by atoms with Gasteiger partial charge in [-0.1, -0.05) is 6.92 Å². The summed E-state index contributed by atoms with van der Waals surface area (Å²) >= 11 is 0. The van der Waals surface area contributed by atoms with Crippen molar-refractivity contribution in [2.75, 3.05) is 4.90 Å². The Bertz CT molecular complexity index is 334. The molecule has 1 aromatic rings. The molecule has 0 fully saturated rings. The Kier molecular flexibility index (Phi) is 2.69. The number of rotatable bonds is 1. The second kappa shape index (κ2) is 3.85. The number of aromatic nitrogens is 2. The van der Waals surface area contributed by atoms with Crippen LogP contribution in [-0.2, 0) is 6.42 Å². The second-order valence-electron chi connectivity index (χ2n) is 4.66. The normalized spacial score (nSPS) is 26.6. The number of anilines is 1. The number of H-pyrrole nitrogens is 1. The van der Waals surface area contributed by atoms with E-state index in [9.17, 15) is 5.11 Å². The average Bonchev–Trinajstić information content (AvgIpc) is 2.58. The molecule has 1 aliphatic heterocycles. The molecule has 2 heterocycles. The Labute approximate surface area is 90.3 Å². The van der Waals surface area contributed by atoms with Crippen LogP contribution in [0.5, 0.6) is 0 Å². The molecular formula is C11H19N3O. The van der Waals surface area contributed by atoms with Crippen molar-refractivity contribution in [3.63, 3.8) is 0 Å². The minimum atomic E-state index is -0.399. The Morgan fingerprint density at radius 3 is 3.00 bits per heavy atom. The van der Waals surface area contributed by atoms with Crippen molar-refractivity contribution in [3.05, 3.63) is 11.9 Å². The molecule has 4 heteroatoms. The quantitative estimate of drug-likeness (QED) is 0.737. The fraction of sp³-hybridized carbons (Fsp3) is 0.727. The minimum Gasteiger partial charge on any atom is -0.373 e. The van der Waals surface area contributed by atoms with E-state index in [1.54, 1.807) is 0 Å². The molecule has 0 saturated heterocycles. The van der Waals surface area contributed by atoms with Crippen LogP contribution < -0.4 is 4.90 Å². The van der Waals surface area contributed by atoms with E-state index in [0.717, 1.165) is 24.2 Å². The Balaban J connectivity index is 2.39. The van der Waals surface area contributed by atoms with Gasteiger partial charge in [-0.3, -0.25) is 5.10 Å². The standard InChI is InChI=1S/C11H19N3O/c1-7(2)14-10-6-12-13-9(10)5-4-8(3)11(14)15/h6-8,11,15H,4-5H2,1-3H3,(H,12,13). The van der Waals surface area contributed by atoms with Gasteiger partial charge in [0.2, 0.25) is 0 Å². The summed E-state index contributed by atoms with van der Waals surface area (Å²) in [6, 6.07) is 0.289. The molecule has 0 saturated carbocycles. The number of fused-ring (bicyclic) bond motifs is 1. The first-order valence-electron chi connectivity index (χ1n) is 5.60. The van der Waals surface area contributed by atoms with Crippen molar-refractivity contribution in [2.45, 2.75) is 45.9 Å². The predicted octanol–water partition coefficient (Wildman–Crippen LogP) is 1.53. The molecule has 0 spiro atoms. The molecule has 0 aromatic carbocycles. The fourth-order valence-electron chi connectivity index (χ4n) is 2.23. The number of hydrogen-bond acceptors (Lipinski definition) is 3. The van der Waals surface area contributed by atoms with Crippen molar-refractivity contribution in [1.29, 1.82) is 0 Å². The van der Waals surface area contributed by atoms with Crippen molar-refractivity contribution in [2.24, 2.45) is 5.92 Å². The molecule has 2 N–H and O–H groups in total. The number of aliphatic hydroxyl groups is 1. The van der Waals surface area contributed by atoms with Gasteiger partial charge in [-0.15, -0.1) is 0 Å². The zero-order chi connectivity index (χ0) is 11.0. The highest BCUT2D eigenvalue weighted by Crippen LogP contribution is 2.31. The minimum absolute atomic E-state index is 0.289. The molecule has 0 aliphatic carbocycles. The number of nitrogens with zero attached hydrogens (tertiary/aromatic N) is 2. The van der Waals surface area contributed by atoms with Crippen LogP contribution in [0.25, 0.3) is 0 Å². The van der Waals surface area contributed by atoms with E-state index in [2.05, 4.69) is 35.9 Å². The molecule has 0 amide bonds. The highest BCUT2D eigenvalue weighted by molar-refractivity contribution is 5.51. The number of aryl methyl sites for hydroxylation is 1. The van der Waals surface area contributed by atoms with E-state index in [1.165, 1.54) is 0 Å². The molecule has 0 radical (unpaired) electrons. The molecule has 1 aromatic heterocycles. The van der Waals surface area contributed by atoms with E-state index in [0.29, 0.717) is 5.92 Å². The van der Waals surface area contributed by atoms with Crippen LogP contribution in [-0.4, -0.2) is 27.6 Å². The average molecular weight is 209 g/mol. The van der Waals surface area contributed by atoms with Gasteiger partial charge >= 0.3 is 0 Å². The molecule has 2 rings (SSSR count). The fourth-order valence-corrected chi connectivity index (χ4v) is 2.23. The molecule has 1 aliphatic rings. The SMILES string of the molecule is CC1CCc2[nH]ncc2N(C(C)C)C1O. The lowest BCUT2D eigenvalue weighted by atomic mass is 10.0. The van der Waals surface area contributed by atoms with Crippen molar-refractivity contribution in [3.8, 4) is 0 Å². The van der Waals surface area contributed by atoms with Gasteiger partial charge in [0.25, 0.3) is 0 Å². The lowest BCUT2D eigenvalue weighted by molar-refractivity contribution is 0.104. The maximum Gasteiger partial charge on any atom is 0.129 e. The van der Waals surface area contributed by atoms with Crippen molar-refractivity contribution >= 4 is 5.69 Å². The van der Waals surface area contributed by atoms with Crippen LogP contribution in [0.4, 0.5) is 5.69 Å². The lowest BCUT2D eigenvalue weighted by Gasteiger charge is -2.34. The summed E-state index contributed by atoms with van der Waals surface area (Å²) in [5, 5.41) is 17.3. The van der Waals surface area contributed by atoms with E-state index < -0.39 is 6.23 Å². The molecule has 4 nitrogen and oxygen atoms in total. The lowest BCUT2D eigenvalue weighted by Crippen LogP contribution is -2.43. The van der Waals surface area contributed by atoms with E-state index in [1.807, 2.05) is 6.20 Å². The maximum atomic E-state index is 10.2. The molecule has 0 bridgehead atoms. The topological polar surface area (TPSA) is 52.2 Å². The summed E-state index contributed by atoms with van der Waals surface area (Å²) in [5.41, 5.74) is 2.20. The largest absolute Gasteiger partial charge is 0.373 e. The second-order valence-corrected chi connectivity index (χ2v) is 4.66. The summed E-state index contributed by atoms with van der Waals surface area (Å²) in [6.07, 6.45) is 3.39. The van der Waals surface area contributed by atoms with Gasteiger partial charge in [0.1, 0.15) is 6.23 Å². The molecule has 15 heavy (non-hydrogen) atoms. The summed E-state index contributed by atoms with van der Waals surface area (Å²) in [5.74, 6) is 0.299. The highest BCUT2D eigenvalue weighted by Gasteiger charge is 2.30. The number of hydrogen-bond donors (Lipinski definition) is 2. The Hall–Kier alpha value is -1.03. The van der Waals surface area contributed by atoms with Gasteiger partial charge in [-0.05, 0) is 26.7 Å². The van der Waals surface area contributed by atoms with Crippen molar-refractivity contribution < 1.29 is 5.11 Å². The maximum absolute atomic E-state index is 10.2. The summed E-state index contributed by atoms with van der Waals surface area (Å²) < 4.78 is 0. The summed E-state index contributed by atoms with van der Waals surface area (Å²) in [4.78, 5) is 2.05. The van der Waals surface area contributed by atoms with Crippen molar-refractivity contribution in [1.82, 2.24) is 10.2 Å². The van der Waals surface area contributed by atoms with Gasteiger partial charge in [-0.25, -0.2) is 0 Å². The van der Waals surface area contributed by atoms with Gasteiger partial charge in [0.15, 0.2) is 0 Å². The zero-order valence-electron chi connectivity index (χ0n) is 9.57. The van der Waals surface area contributed by atoms with Crippen LogP contribution in [0.1, 0.15) is 32.9 Å². The Morgan fingerprint density at radius 1 is 1.60 bits per heavy atom. The van der Waals surface area contributed by atoms with Gasteiger partial charge in [-0.2, -0.15) is 5.10 Å². The third-order valence-corrected chi connectivity index (χ3v) is 3.17. The van der Waals surface area contributed by atoms with Gasteiger partial charge in [0.05, 0.1) is 17.6 Å². The van der Waals surface area contributed by atoms with Crippen LogP contribution in [0, 0.1) is 5.92 Å². The highest BCUT2D eigenvalue weighted by atomic mass is 16.3. The van der Waals surface area contributed by atoms with Crippen LogP contribution in [0.2, 0.25) is 0 Å². The summed E-state index contributed by atoms with van der Waals surface area (Å²) in [7, 11) is 0. The molecular weight excluding hydrogens is 190 g/mol. The summed E-state index contributed by atoms with van der Waals surface area (Å²) in [6.45, 7) is 6.29. The monoisotopic (exact) mass is 209 g/mol.